The van der Waals surface area contributed by atoms with E-state index in [0.29, 0.717) is 12.3 Å². The number of nitrogens with one attached hydrogen (secondary N) is 1. The molecule has 20 heavy (non-hydrogen) atoms. The Hall–Kier alpha value is -1.18. The molecule has 0 bridgehead atoms. The normalized spacial score (nSPS) is 16.1. The fraction of sp³-hybridized carbons (Fsp3) is 0.692. The number of carbonyl (C=O) groups is 1. The summed E-state index contributed by atoms with van der Waals surface area (Å²) in [4.78, 5) is 18.1. The second-order valence-corrected chi connectivity index (χ2v) is 5.34. The minimum Gasteiger partial charge on any atom is -0.461 e. The SMILES string of the molecule is CCOC(=O)c1ncsc1NCCCN1CCOCC1. The van der Waals surface area contributed by atoms with Gasteiger partial charge in [-0.2, -0.15) is 0 Å². The Bertz CT molecular complexity index is 419. The molecule has 6 nitrogen and oxygen atoms in total. The van der Waals surface area contributed by atoms with E-state index in [-0.39, 0.29) is 5.97 Å². The van der Waals surface area contributed by atoms with E-state index in [1.54, 1.807) is 12.4 Å². The van der Waals surface area contributed by atoms with E-state index in [2.05, 4.69) is 15.2 Å². The minimum atomic E-state index is -0.357. The molecule has 1 N–H and O–H groups in total. The highest BCUT2D eigenvalue weighted by Crippen LogP contribution is 2.20. The Labute approximate surface area is 123 Å². The van der Waals surface area contributed by atoms with Gasteiger partial charge in [0.25, 0.3) is 0 Å². The zero-order chi connectivity index (χ0) is 14.2. The number of rotatable bonds is 7. The van der Waals surface area contributed by atoms with Crippen LogP contribution in [0.4, 0.5) is 5.00 Å². The Morgan fingerprint density at radius 3 is 3.10 bits per heavy atom. The summed E-state index contributed by atoms with van der Waals surface area (Å²) in [6.45, 7) is 7.70. The zero-order valence-corrected chi connectivity index (χ0v) is 12.6. The van der Waals surface area contributed by atoms with Gasteiger partial charge in [0.2, 0.25) is 0 Å². The van der Waals surface area contributed by atoms with Crippen LogP contribution in [0, 0.1) is 0 Å². The molecule has 1 saturated heterocycles. The molecule has 0 spiro atoms. The van der Waals surface area contributed by atoms with Crippen LogP contribution in [-0.4, -0.2) is 61.9 Å². The summed E-state index contributed by atoms with van der Waals surface area (Å²) in [6, 6.07) is 0. The van der Waals surface area contributed by atoms with Gasteiger partial charge in [0.05, 0.1) is 25.3 Å². The van der Waals surface area contributed by atoms with Crippen LogP contribution in [0.2, 0.25) is 0 Å². The van der Waals surface area contributed by atoms with Crippen molar-refractivity contribution in [3.63, 3.8) is 0 Å². The van der Waals surface area contributed by atoms with E-state index in [9.17, 15) is 4.79 Å². The second kappa shape index (κ2) is 8.18. The molecule has 1 aliphatic rings. The summed E-state index contributed by atoms with van der Waals surface area (Å²) >= 11 is 1.43. The van der Waals surface area contributed by atoms with Crippen molar-refractivity contribution in [3.05, 3.63) is 11.2 Å². The largest absolute Gasteiger partial charge is 0.461 e. The lowest BCUT2D eigenvalue weighted by molar-refractivity contribution is 0.0378. The van der Waals surface area contributed by atoms with Crippen LogP contribution in [0.5, 0.6) is 0 Å². The van der Waals surface area contributed by atoms with Crippen molar-refractivity contribution in [3.8, 4) is 0 Å². The van der Waals surface area contributed by atoms with Crippen molar-refractivity contribution in [2.45, 2.75) is 13.3 Å². The lowest BCUT2D eigenvalue weighted by Crippen LogP contribution is -2.37. The average molecular weight is 299 g/mol. The van der Waals surface area contributed by atoms with Crippen LogP contribution < -0.4 is 5.32 Å². The maximum Gasteiger partial charge on any atom is 0.360 e. The molecular weight excluding hydrogens is 278 g/mol. The van der Waals surface area contributed by atoms with Gasteiger partial charge < -0.3 is 14.8 Å². The van der Waals surface area contributed by atoms with E-state index in [4.69, 9.17) is 9.47 Å². The Balaban J connectivity index is 1.71. The fourth-order valence-corrected chi connectivity index (χ4v) is 2.74. The minimum absolute atomic E-state index is 0.357. The van der Waals surface area contributed by atoms with Gasteiger partial charge in [-0.15, -0.1) is 11.3 Å². The number of hydrogen-bond acceptors (Lipinski definition) is 7. The number of hydrogen-bond donors (Lipinski definition) is 1. The summed E-state index contributed by atoms with van der Waals surface area (Å²) in [7, 11) is 0. The van der Waals surface area contributed by atoms with Gasteiger partial charge in [0.15, 0.2) is 5.69 Å². The number of nitrogens with zero attached hydrogens (tertiary/aromatic N) is 2. The molecule has 1 aromatic heterocycles. The van der Waals surface area contributed by atoms with Crippen LogP contribution >= 0.6 is 11.3 Å². The summed E-state index contributed by atoms with van der Waals surface area (Å²) in [5.41, 5.74) is 2.06. The lowest BCUT2D eigenvalue weighted by atomic mass is 10.3. The van der Waals surface area contributed by atoms with Gasteiger partial charge in [-0.25, -0.2) is 9.78 Å². The van der Waals surface area contributed by atoms with Gasteiger partial charge >= 0.3 is 5.97 Å². The highest BCUT2D eigenvalue weighted by atomic mass is 32.1. The fourth-order valence-electron chi connectivity index (χ4n) is 2.05. The standard InChI is InChI=1S/C13H21N3O3S/c1-2-19-13(17)11-12(20-10-15-11)14-4-3-5-16-6-8-18-9-7-16/h10,14H,2-9H2,1H3. The molecule has 0 amide bonds. The topological polar surface area (TPSA) is 63.7 Å². The monoisotopic (exact) mass is 299 g/mol. The Morgan fingerprint density at radius 2 is 2.35 bits per heavy atom. The Kier molecular flexibility index (Phi) is 6.23. The maximum atomic E-state index is 11.7. The highest BCUT2D eigenvalue weighted by molar-refractivity contribution is 7.14. The summed E-state index contributed by atoms with van der Waals surface area (Å²) in [5.74, 6) is -0.357. The number of ether oxygens (including phenoxy) is 2. The maximum absolute atomic E-state index is 11.7. The van der Waals surface area contributed by atoms with E-state index in [1.165, 1.54) is 11.3 Å². The molecule has 0 aromatic carbocycles. The van der Waals surface area contributed by atoms with E-state index in [0.717, 1.165) is 50.8 Å². The smallest absolute Gasteiger partial charge is 0.360 e. The molecule has 0 saturated carbocycles. The number of thiazole rings is 1. The summed E-state index contributed by atoms with van der Waals surface area (Å²) in [5, 5.41) is 4.07. The van der Waals surface area contributed by atoms with Crippen LogP contribution in [0.15, 0.2) is 5.51 Å². The first-order valence-electron chi connectivity index (χ1n) is 6.96. The molecule has 2 heterocycles. The molecule has 1 aromatic rings. The van der Waals surface area contributed by atoms with E-state index < -0.39 is 0 Å². The average Bonchev–Trinajstić information content (AvgIpc) is 2.93. The van der Waals surface area contributed by atoms with Crippen LogP contribution in [-0.2, 0) is 9.47 Å². The second-order valence-electron chi connectivity index (χ2n) is 4.48. The quantitative estimate of drug-likeness (QED) is 0.607. The van der Waals surface area contributed by atoms with Crippen molar-refractivity contribution >= 4 is 22.3 Å². The summed E-state index contributed by atoms with van der Waals surface area (Å²) in [6.07, 6.45) is 1.03. The molecule has 0 aliphatic carbocycles. The molecular formula is C13H21N3O3S. The van der Waals surface area contributed by atoms with Crippen molar-refractivity contribution in [1.82, 2.24) is 9.88 Å². The lowest BCUT2D eigenvalue weighted by Gasteiger charge is -2.26. The molecule has 112 valence electrons. The third-order valence-electron chi connectivity index (χ3n) is 3.08. The first kappa shape index (κ1) is 15.2. The van der Waals surface area contributed by atoms with Crippen LogP contribution in [0.25, 0.3) is 0 Å². The zero-order valence-electron chi connectivity index (χ0n) is 11.8. The molecule has 1 fully saturated rings. The van der Waals surface area contributed by atoms with Crippen LogP contribution in [0.1, 0.15) is 23.8 Å². The predicted octanol–water partition coefficient (Wildman–Crippen LogP) is 1.45. The number of anilines is 1. The molecule has 1 aliphatic heterocycles. The van der Waals surface area contributed by atoms with Gasteiger partial charge in [0.1, 0.15) is 5.00 Å². The van der Waals surface area contributed by atoms with Crippen molar-refractivity contribution in [1.29, 1.82) is 0 Å². The molecule has 0 radical (unpaired) electrons. The van der Waals surface area contributed by atoms with Gasteiger partial charge in [-0.05, 0) is 19.9 Å². The number of esters is 1. The molecule has 0 atom stereocenters. The molecule has 7 heteroatoms. The third kappa shape index (κ3) is 4.43. The van der Waals surface area contributed by atoms with E-state index in [1.807, 2.05) is 0 Å². The van der Waals surface area contributed by atoms with Crippen molar-refractivity contribution in [2.24, 2.45) is 0 Å². The van der Waals surface area contributed by atoms with Gasteiger partial charge in [-0.1, -0.05) is 0 Å². The predicted molar refractivity (Wildman–Crippen MR) is 78.4 cm³/mol. The van der Waals surface area contributed by atoms with Crippen molar-refractivity contribution < 1.29 is 14.3 Å². The number of aromatic nitrogens is 1. The van der Waals surface area contributed by atoms with Gasteiger partial charge in [-0.3, -0.25) is 4.90 Å². The third-order valence-corrected chi connectivity index (χ3v) is 3.86. The first-order chi connectivity index (χ1) is 9.81. The first-order valence-corrected chi connectivity index (χ1v) is 7.83. The number of morpholine rings is 1. The van der Waals surface area contributed by atoms with Crippen molar-refractivity contribution in [2.75, 3.05) is 51.3 Å². The number of carbonyl (C=O) groups excluding carboxylic acids is 1. The molecule has 0 unspecified atom stereocenters. The van der Waals surface area contributed by atoms with Gasteiger partial charge in [0, 0.05) is 19.6 Å². The Morgan fingerprint density at radius 1 is 1.55 bits per heavy atom. The van der Waals surface area contributed by atoms with E-state index >= 15 is 0 Å². The molecule has 2 rings (SSSR count). The van der Waals surface area contributed by atoms with Crippen LogP contribution in [0.3, 0.4) is 0 Å². The summed E-state index contributed by atoms with van der Waals surface area (Å²) < 4.78 is 10.3. The highest BCUT2D eigenvalue weighted by Gasteiger charge is 2.15.